The average molecular weight is 618 g/mol. The van der Waals surface area contributed by atoms with Crippen molar-refractivity contribution in [2.45, 2.75) is 76.4 Å². The number of ether oxygens (including phenoxy) is 1. The first kappa shape index (κ1) is 30.1. The van der Waals surface area contributed by atoms with Crippen molar-refractivity contribution in [2.24, 2.45) is 0 Å². The number of halogens is 2. The number of nitrogens with one attached hydrogen (secondary N) is 1. The second kappa shape index (κ2) is 11.5. The molecule has 0 bridgehead atoms. The number of carbonyl (C=O) groups excluding carboxylic acids is 3. The molecular formula is C35H37ClFN3O4. The van der Waals surface area contributed by atoms with Crippen molar-refractivity contribution in [3.63, 3.8) is 0 Å². The van der Waals surface area contributed by atoms with Crippen LogP contribution in [-0.2, 0) is 19.8 Å². The quantitative estimate of drug-likeness (QED) is 0.307. The summed E-state index contributed by atoms with van der Waals surface area (Å²) in [5, 5.41) is 3.39. The zero-order valence-corrected chi connectivity index (χ0v) is 26.0. The van der Waals surface area contributed by atoms with Crippen LogP contribution in [0.1, 0.15) is 75.1 Å². The number of carbonyl (C=O) groups is 3. The third-order valence-electron chi connectivity index (χ3n) is 9.73. The Bertz CT molecular complexity index is 1630. The molecule has 2 fully saturated rings. The molecule has 2 unspecified atom stereocenters. The van der Waals surface area contributed by atoms with Crippen molar-refractivity contribution in [1.29, 1.82) is 0 Å². The van der Waals surface area contributed by atoms with Crippen LogP contribution in [0, 0.1) is 12.7 Å². The van der Waals surface area contributed by atoms with Gasteiger partial charge < -0.3 is 15.0 Å². The highest BCUT2D eigenvalue weighted by atomic mass is 35.5. The summed E-state index contributed by atoms with van der Waals surface area (Å²) in [6.07, 6.45) is 3.04. The van der Waals surface area contributed by atoms with Crippen molar-refractivity contribution in [3.05, 3.63) is 88.2 Å². The zero-order chi connectivity index (χ0) is 31.2. The number of nitrogens with zero attached hydrogens (tertiary/aromatic N) is 2. The molecule has 0 aliphatic carbocycles. The first-order chi connectivity index (χ1) is 21.1. The lowest BCUT2D eigenvalue weighted by Gasteiger charge is -2.48. The fraction of sp³-hybridized carbons (Fsp3) is 0.400. The minimum Gasteiger partial charge on any atom is -0.475 e. The molecule has 3 heterocycles. The molecule has 7 nitrogen and oxygen atoms in total. The molecule has 0 aromatic heterocycles. The highest BCUT2D eigenvalue weighted by molar-refractivity contribution is 6.31. The third-order valence-corrected chi connectivity index (χ3v) is 9.97. The molecule has 1 N–H and O–H groups in total. The van der Waals surface area contributed by atoms with Gasteiger partial charge >= 0.3 is 0 Å². The van der Waals surface area contributed by atoms with E-state index in [1.54, 1.807) is 29.2 Å². The monoisotopic (exact) mass is 617 g/mol. The van der Waals surface area contributed by atoms with Gasteiger partial charge in [0.25, 0.3) is 5.91 Å². The van der Waals surface area contributed by atoms with E-state index in [0.717, 1.165) is 24.0 Å². The molecule has 2 saturated heterocycles. The van der Waals surface area contributed by atoms with E-state index in [2.05, 4.69) is 5.32 Å². The molecule has 230 valence electrons. The fourth-order valence-corrected chi connectivity index (χ4v) is 7.46. The van der Waals surface area contributed by atoms with Gasteiger partial charge in [-0.2, -0.15) is 0 Å². The maximum atomic E-state index is 15.0. The SMILES string of the molecule is CCC(CC)(Oc1ccc(Cl)cc1N1C(=O)CCC2(C(=O)Nc3ccccc32)C1c1cc(F)ccc1C)C(=O)N1CCCC1. The Hall–Kier alpha value is -3.91. The molecule has 44 heavy (non-hydrogen) atoms. The van der Waals surface area contributed by atoms with Crippen LogP contribution in [0.3, 0.4) is 0 Å². The Morgan fingerprint density at radius 2 is 1.80 bits per heavy atom. The van der Waals surface area contributed by atoms with Gasteiger partial charge in [0, 0.05) is 30.2 Å². The zero-order valence-electron chi connectivity index (χ0n) is 25.3. The first-order valence-corrected chi connectivity index (χ1v) is 15.8. The summed E-state index contributed by atoms with van der Waals surface area (Å²) in [6.45, 7) is 7.06. The molecule has 3 aliphatic heterocycles. The average Bonchev–Trinajstić information content (AvgIpc) is 3.66. The van der Waals surface area contributed by atoms with Crippen molar-refractivity contribution in [2.75, 3.05) is 23.3 Å². The van der Waals surface area contributed by atoms with Gasteiger partial charge in [-0.1, -0.05) is 49.7 Å². The number of amides is 3. The second-order valence-corrected chi connectivity index (χ2v) is 12.5. The normalized spacial score (nSPS) is 21.5. The van der Waals surface area contributed by atoms with Crippen LogP contribution in [0.25, 0.3) is 0 Å². The maximum absolute atomic E-state index is 15.0. The number of fused-ring (bicyclic) bond motifs is 2. The van der Waals surface area contributed by atoms with Crippen molar-refractivity contribution < 1.29 is 23.5 Å². The topological polar surface area (TPSA) is 79.0 Å². The van der Waals surface area contributed by atoms with Gasteiger partial charge in [-0.25, -0.2) is 4.39 Å². The number of hydrogen-bond acceptors (Lipinski definition) is 4. The van der Waals surface area contributed by atoms with Crippen molar-refractivity contribution in [1.82, 2.24) is 4.90 Å². The molecule has 3 aliphatic rings. The van der Waals surface area contributed by atoms with Crippen LogP contribution in [0.15, 0.2) is 60.7 Å². The molecule has 0 radical (unpaired) electrons. The number of anilines is 2. The fourth-order valence-electron chi connectivity index (χ4n) is 7.29. The predicted octanol–water partition coefficient (Wildman–Crippen LogP) is 7.11. The number of likely N-dealkylation sites (tertiary alicyclic amines) is 1. The van der Waals surface area contributed by atoms with Gasteiger partial charge in [-0.3, -0.25) is 19.3 Å². The second-order valence-electron chi connectivity index (χ2n) is 12.1. The van der Waals surface area contributed by atoms with Crippen LogP contribution < -0.4 is 15.0 Å². The lowest BCUT2D eigenvalue weighted by Crippen LogP contribution is -2.55. The lowest BCUT2D eigenvalue weighted by atomic mass is 9.66. The van der Waals surface area contributed by atoms with E-state index >= 15 is 0 Å². The largest absolute Gasteiger partial charge is 0.475 e. The maximum Gasteiger partial charge on any atom is 0.266 e. The Morgan fingerprint density at radius 1 is 1.07 bits per heavy atom. The molecule has 3 amide bonds. The highest BCUT2D eigenvalue weighted by Gasteiger charge is 2.59. The summed E-state index contributed by atoms with van der Waals surface area (Å²) in [7, 11) is 0. The Morgan fingerprint density at radius 3 is 2.52 bits per heavy atom. The van der Waals surface area contributed by atoms with Crippen LogP contribution >= 0.6 is 11.6 Å². The van der Waals surface area contributed by atoms with E-state index in [9.17, 15) is 18.8 Å². The molecule has 9 heteroatoms. The molecule has 0 saturated carbocycles. The summed E-state index contributed by atoms with van der Waals surface area (Å²) in [4.78, 5) is 45.6. The number of piperidine rings is 1. The summed E-state index contributed by atoms with van der Waals surface area (Å²) < 4.78 is 21.7. The predicted molar refractivity (Wildman–Crippen MR) is 169 cm³/mol. The van der Waals surface area contributed by atoms with E-state index in [1.165, 1.54) is 12.1 Å². The Balaban J connectivity index is 1.56. The molecular weight excluding hydrogens is 581 g/mol. The van der Waals surface area contributed by atoms with Gasteiger partial charge in [-0.15, -0.1) is 0 Å². The minimum absolute atomic E-state index is 0.0674. The lowest BCUT2D eigenvalue weighted by molar-refractivity contribution is -0.147. The van der Waals surface area contributed by atoms with E-state index in [1.807, 2.05) is 49.9 Å². The number of aryl methyl sites for hydroxylation is 1. The summed E-state index contributed by atoms with van der Waals surface area (Å²) in [5.74, 6) is -0.751. The van der Waals surface area contributed by atoms with Gasteiger partial charge in [0.15, 0.2) is 5.60 Å². The molecule has 6 rings (SSSR count). The van der Waals surface area contributed by atoms with Gasteiger partial charge in [-0.05, 0) is 92.1 Å². The third kappa shape index (κ3) is 4.74. The van der Waals surface area contributed by atoms with Gasteiger partial charge in [0.05, 0.1) is 11.7 Å². The summed E-state index contributed by atoms with van der Waals surface area (Å²) in [5.41, 5.74) is 0.639. The van der Waals surface area contributed by atoms with Gasteiger partial charge in [0.1, 0.15) is 17.0 Å². The Kier molecular flexibility index (Phi) is 7.91. The standard InChI is InChI=1S/C35H37ClFN3O4/c1-4-34(5-2,33(43)39-18-8-9-19-39)44-29-15-13-23(36)20-28(29)40-30(41)16-17-35(26-10-6-7-11-27(26)38-32(35)42)31(40)25-21-24(37)14-12-22(25)3/h6-7,10-15,20-21,31H,4-5,8-9,16-19H2,1-3H3,(H,38,42). The van der Waals surface area contributed by atoms with Crippen LogP contribution in [0.4, 0.5) is 15.8 Å². The van der Waals surface area contributed by atoms with Crippen molar-refractivity contribution in [3.8, 4) is 5.75 Å². The molecule has 1 spiro atoms. The molecule has 3 aromatic carbocycles. The van der Waals surface area contributed by atoms with E-state index in [4.69, 9.17) is 16.3 Å². The number of hydrogen-bond donors (Lipinski definition) is 1. The molecule has 2 atom stereocenters. The summed E-state index contributed by atoms with van der Waals surface area (Å²) in [6, 6.07) is 16.0. The van der Waals surface area contributed by atoms with Crippen molar-refractivity contribution >= 4 is 40.7 Å². The first-order valence-electron chi connectivity index (χ1n) is 15.4. The number of rotatable bonds is 7. The molecule has 3 aromatic rings. The van der Waals surface area contributed by atoms with E-state index in [0.29, 0.717) is 53.6 Å². The number of para-hydroxylation sites is 1. The summed E-state index contributed by atoms with van der Waals surface area (Å²) >= 11 is 6.59. The smallest absolute Gasteiger partial charge is 0.266 e. The van der Waals surface area contributed by atoms with Crippen LogP contribution in [-0.4, -0.2) is 41.3 Å². The highest BCUT2D eigenvalue weighted by Crippen LogP contribution is 2.56. The van der Waals surface area contributed by atoms with Crippen LogP contribution in [0.2, 0.25) is 5.02 Å². The van der Waals surface area contributed by atoms with Gasteiger partial charge in [0.2, 0.25) is 11.8 Å². The Labute approximate surface area is 262 Å². The van der Waals surface area contributed by atoms with E-state index < -0.39 is 22.9 Å². The van der Waals surface area contributed by atoms with Crippen LogP contribution in [0.5, 0.6) is 5.75 Å². The minimum atomic E-state index is -1.21. The van der Waals surface area contributed by atoms with E-state index in [-0.39, 0.29) is 30.6 Å². The number of benzene rings is 3.